The first-order valence-electron chi connectivity index (χ1n) is 7.98. The van der Waals surface area contributed by atoms with E-state index in [4.69, 9.17) is 23.2 Å². The highest BCUT2D eigenvalue weighted by Gasteiger charge is 2.27. The van der Waals surface area contributed by atoms with Gasteiger partial charge in [0.05, 0.1) is 6.54 Å². The standard InChI is InChI=1S/C16H21Cl2N5O2/c1-19-15(21-7-8-23-14(24)10-22-16(23)25)20-6-2-3-11-4-5-12(17)9-13(11)18/h4-5,9H,2-3,6-8,10H2,1H3,(H,22,25)(H2,19,20,21). The van der Waals surface area contributed by atoms with Crippen LogP contribution >= 0.6 is 23.2 Å². The second-order valence-corrected chi connectivity index (χ2v) is 6.31. The van der Waals surface area contributed by atoms with Gasteiger partial charge in [-0.2, -0.15) is 0 Å². The summed E-state index contributed by atoms with van der Waals surface area (Å²) in [5.41, 5.74) is 1.05. The summed E-state index contributed by atoms with van der Waals surface area (Å²) in [6.45, 7) is 1.51. The van der Waals surface area contributed by atoms with Crippen LogP contribution in [0.25, 0.3) is 0 Å². The van der Waals surface area contributed by atoms with Gasteiger partial charge >= 0.3 is 6.03 Å². The van der Waals surface area contributed by atoms with Crippen LogP contribution in [0, 0.1) is 0 Å². The van der Waals surface area contributed by atoms with E-state index in [-0.39, 0.29) is 18.5 Å². The van der Waals surface area contributed by atoms with Crippen LogP contribution in [0.5, 0.6) is 0 Å². The van der Waals surface area contributed by atoms with E-state index in [9.17, 15) is 9.59 Å². The van der Waals surface area contributed by atoms with Crippen molar-refractivity contribution in [3.63, 3.8) is 0 Å². The maximum Gasteiger partial charge on any atom is 0.324 e. The van der Waals surface area contributed by atoms with Crippen molar-refractivity contribution >= 4 is 41.1 Å². The minimum absolute atomic E-state index is 0.0685. The number of urea groups is 1. The van der Waals surface area contributed by atoms with Crippen LogP contribution in [-0.4, -0.2) is 56.0 Å². The molecular weight excluding hydrogens is 365 g/mol. The highest BCUT2D eigenvalue weighted by atomic mass is 35.5. The molecule has 1 aliphatic rings. The van der Waals surface area contributed by atoms with Crippen LogP contribution in [-0.2, 0) is 11.2 Å². The van der Waals surface area contributed by atoms with Crippen LogP contribution in [0.4, 0.5) is 4.79 Å². The van der Waals surface area contributed by atoms with Crippen LogP contribution in [0.2, 0.25) is 10.0 Å². The lowest BCUT2D eigenvalue weighted by atomic mass is 10.1. The summed E-state index contributed by atoms with van der Waals surface area (Å²) in [5, 5.41) is 10.0. The van der Waals surface area contributed by atoms with E-state index < -0.39 is 0 Å². The van der Waals surface area contributed by atoms with Crippen LogP contribution in [0.1, 0.15) is 12.0 Å². The number of aliphatic imine (C=N–C) groups is 1. The SMILES string of the molecule is CN=C(NCCCc1ccc(Cl)cc1Cl)NCCN1C(=O)CNC1=O. The van der Waals surface area contributed by atoms with Crippen molar-refractivity contribution in [3.8, 4) is 0 Å². The second-order valence-electron chi connectivity index (χ2n) is 5.47. The molecule has 1 aliphatic heterocycles. The number of benzene rings is 1. The molecule has 0 saturated carbocycles. The number of carbonyl (C=O) groups excluding carboxylic acids is 2. The summed E-state index contributed by atoms with van der Waals surface area (Å²) in [4.78, 5) is 28.2. The molecule has 1 fully saturated rings. The van der Waals surface area contributed by atoms with Crippen molar-refractivity contribution in [1.82, 2.24) is 20.9 Å². The number of guanidine groups is 1. The van der Waals surface area contributed by atoms with Gasteiger partial charge in [-0.25, -0.2) is 4.79 Å². The molecule has 1 aromatic rings. The van der Waals surface area contributed by atoms with Crippen LogP contribution in [0.3, 0.4) is 0 Å². The normalized spacial score (nSPS) is 14.7. The largest absolute Gasteiger partial charge is 0.356 e. The third-order valence-corrected chi connectivity index (χ3v) is 4.31. The molecule has 0 unspecified atom stereocenters. The number of carbonyl (C=O) groups is 2. The van der Waals surface area contributed by atoms with Gasteiger partial charge in [-0.3, -0.25) is 14.7 Å². The van der Waals surface area contributed by atoms with Crippen molar-refractivity contribution in [1.29, 1.82) is 0 Å². The molecule has 0 aromatic heterocycles. The molecule has 7 nitrogen and oxygen atoms in total. The Morgan fingerprint density at radius 3 is 2.68 bits per heavy atom. The van der Waals surface area contributed by atoms with Gasteiger partial charge in [-0.1, -0.05) is 29.3 Å². The number of hydrogen-bond acceptors (Lipinski definition) is 3. The number of nitrogens with one attached hydrogen (secondary N) is 3. The number of aryl methyl sites for hydroxylation is 1. The predicted octanol–water partition coefficient (Wildman–Crippen LogP) is 1.64. The molecule has 25 heavy (non-hydrogen) atoms. The fourth-order valence-electron chi connectivity index (χ4n) is 2.40. The summed E-state index contributed by atoms with van der Waals surface area (Å²) in [7, 11) is 1.67. The maximum absolute atomic E-state index is 11.5. The number of halogens is 2. The van der Waals surface area contributed by atoms with Gasteiger partial charge in [0.15, 0.2) is 5.96 Å². The smallest absolute Gasteiger partial charge is 0.324 e. The van der Waals surface area contributed by atoms with Gasteiger partial charge in [-0.15, -0.1) is 0 Å². The van der Waals surface area contributed by atoms with E-state index >= 15 is 0 Å². The first-order valence-corrected chi connectivity index (χ1v) is 8.73. The van der Waals surface area contributed by atoms with E-state index in [1.165, 1.54) is 4.90 Å². The number of imide groups is 1. The van der Waals surface area contributed by atoms with E-state index in [0.29, 0.717) is 35.6 Å². The van der Waals surface area contributed by atoms with Crippen molar-refractivity contribution < 1.29 is 9.59 Å². The van der Waals surface area contributed by atoms with E-state index in [1.807, 2.05) is 12.1 Å². The number of hydrogen-bond donors (Lipinski definition) is 3. The zero-order valence-corrected chi connectivity index (χ0v) is 15.5. The average Bonchev–Trinajstić information content (AvgIpc) is 2.90. The second kappa shape index (κ2) is 9.48. The Balaban J connectivity index is 1.66. The molecule has 0 spiro atoms. The first kappa shape index (κ1) is 19.3. The lowest BCUT2D eigenvalue weighted by Crippen LogP contribution is -2.43. The molecule has 1 aromatic carbocycles. The molecule has 1 saturated heterocycles. The Hall–Kier alpha value is -1.99. The molecule has 2 rings (SSSR count). The Morgan fingerprint density at radius 1 is 1.28 bits per heavy atom. The quantitative estimate of drug-likeness (QED) is 0.288. The molecule has 3 amide bonds. The summed E-state index contributed by atoms with van der Waals surface area (Å²) in [6.07, 6.45) is 1.69. The summed E-state index contributed by atoms with van der Waals surface area (Å²) >= 11 is 12.0. The van der Waals surface area contributed by atoms with Gasteiger partial charge in [-0.05, 0) is 30.5 Å². The Morgan fingerprint density at radius 2 is 2.04 bits per heavy atom. The van der Waals surface area contributed by atoms with Crippen LogP contribution < -0.4 is 16.0 Å². The summed E-state index contributed by atoms with van der Waals surface area (Å²) in [5.74, 6) is 0.406. The number of rotatable bonds is 7. The number of amides is 3. The highest BCUT2D eigenvalue weighted by Crippen LogP contribution is 2.21. The van der Waals surface area contributed by atoms with Crippen molar-refractivity contribution in [2.75, 3.05) is 33.2 Å². The lowest BCUT2D eigenvalue weighted by molar-refractivity contribution is -0.124. The third-order valence-electron chi connectivity index (χ3n) is 3.72. The Kier molecular flexibility index (Phi) is 7.33. The Bertz CT molecular complexity index is 650. The topological polar surface area (TPSA) is 85.8 Å². The molecule has 3 N–H and O–H groups in total. The minimum atomic E-state index is -0.352. The van der Waals surface area contributed by atoms with Gasteiger partial charge in [0, 0.05) is 36.7 Å². The van der Waals surface area contributed by atoms with E-state index in [0.717, 1.165) is 18.4 Å². The van der Waals surface area contributed by atoms with Crippen molar-refractivity contribution in [2.24, 2.45) is 4.99 Å². The lowest BCUT2D eigenvalue weighted by Gasteiger charge is -2.15. The molecule has 0 aliphatic carbocycles. The highest BCUT2D eigenvalue weighted by molar-refractivity contribution is 6.35. The fraction of sp³-hybridized carbons (Fsp3) is 0.438. The van der Waals surface area contributed by atoms with Crippen molar-refractivity contribution in [3.05, 3.63) is 33.8 Å². The molecule has 0 atom stereocenters. The molecule has 1 heterocycles. The van der Waals surface area contributed by atoms with Gasteiger partial charge in [0.2, 0.25) is 5.91 Å². The summed E-state index contributed by atoms with van der Waals surface area (Å²) < 4.78 is 0. The zero-order chi connectivity index (χ0) is 18.2. The van der Waals surface area contributed by atoms with Crippen molar-refractivity contribution in [2.45, 2.75) is 12.8 Å². The molecule has 136 valence electrons. The molecule has 0 bridgehead atoms. The average molecular weight is 386 g/mol. The zero-order valence-electron chi connectivity index (χ0n) is 13.9. The minimum Gasteiger partial charge on any atom is -0.356 e. The molecule has 9 heteroatoms. The van der Waals surface area contributed by atoms with Gasteiger partial charge in [0.1, 0.15) is 0 Å². The molecular formula is C16H21Cl2N5O2. The third kappa shape index (κ3) is 5.79. The maximum atomic E-state index is 11.5. The van der Waals surface area contributed by atoms with Gasteiger partial charge < -0.3 is 16.0 Å². The predicted molar refractivity (Wildman–Crippen MR) is 99.3 cm³/mol. The first-order chi connectivity index (χ1) is 12.0. The Labute approximate surface area is 156 Å². The van der Waals surface area contributed by atoms with Crippen LogP contribution in [0.15, 0.2) is 23.2 Å². The fourth-order valence-corrected chi connectivity index (χ4v) is 2.90. The van der Waals surface area contributed by atoms with E-state index in [2.05, 4.69) is 20.9 Å². The summed E-state index contributed by atoms with van der Waals surface area (Å²) in [6, 6.07) is 5.14. The molecule has 0 radical (unpaired) electrons. The number of nitrogens with zero attached hydrogens (tertiary/aromatic N) is 2. The monoisotopic (exact) mass is 385 g/mol. The van der Waals surface area contributed by atoms with Gasteiger partial charge in [0.25, 0.3) is 0 Å². The van der Waals surface area contributed by atoms with E-state index in [1.54, 1.807) is 13.1 Å².